The first-order valence-corrected chi connectivity index (χ1v) is 3.30. The van der Waals surface area contributed by atoms with Gasteiger partial charge in [-0.3, -0.25) is 0 Å². The van der Waals surface area contributed by atoms with E-state index in [1.807, 2.05) is 24.6 Å². The molecule has 1 aliphatic rings. The number of nitrogens with one attached hydrogen (secondary N) is 1. The summed E-state index contributed by atoms with van der Waals surface area (Å²) in [6.07, 6.45) is 7.92. The van der Waals surface area contributed by atoms with E-state index in [2.05, 4.69) is 28.2 Å². The van der Waals surface area contributed by atoms with Gasteiger partial charge in [0.2, 0.25) is 0 Å². The Balaban J connectivity index is 2.69. The molecule has 0 aliphatic carbocycles. The van der Waals surface area contributed by atoms with Crippen LogP contribution in [0.2, 0.25) is 0 Å². The summed E-state index contributed by atoms with van der Waals surface area (Å²) in [4.78, 5) is 0. The van der Waals surface area contributed by atoms with E-state index < -0.39 is 0 Å². The van der Waals surface area contributed by atoms with Crippen molar-refractivity contribution in [1.82, 2.24) is 5.32 Å². The van der Waals surface area contributed by atoms with E-state index in [0.717, 1.165) is 0 Å². The second-order valence-electron chi connectivity index (χ2n) is 1.98. The third-order valence-electron chi connectivity index (χ3n) is 1.01. The topological polar surface area (TPSA) is 12.0 Å². The zero-order valence-corrected chi connectivity index (χ0v) is 6.27. The lowest BCUT2D eigenvalue weighted by molar-refractivity contribution is 0.960. The van der Waals surface area contributed by atoms with Gasteiger partial charge in [0, 0.05) is 0 Å². The van der Waals surface area contributed by atoms with Crippen LogP contribution >= 0.6 is 15.9 Å². The molecule has 0 fully saturated rings. The summed E-state index contributed by atoms with van der Waals surface area (Å²) in [5.74, 6) is 0. The number of allylic oxidation sites excluding steroid dienone is 2. The number of alkyl halides is 1. The summed E-state index contributed by atoms with van der Waals surface area (Å²) in [7, 11) is 0. The largest absolute Gasteiger partial charge is 0.368 e. The van der Waals surface area contributed by atoms with Crippen molar-refractivity contribution in [3.05, 3.63) is 24.6 Å². The normalized spacial score (nSPS) is 22.8. The molecule has 1 N–H and O–H groups in total. The van der Waals surface area contributed by atoms with E-state index in [0.29, 0.717) is 0 Å². The first-order chi connectivity index (χ1) is 3.71. The quantitative estimate of drug-likeness (QED) is 0.552. The maximum atomic E-state index is 3.48. The van der Waals surface area contributed by atoms with Gasteiger partial charge in [0.1, 0.15) is 0 Å². The highest BCUT2D eigenvalue weighted by Crippen LogP contribution is 2.21. The molecule has 0 radical (unpaired) electrons. The van der Waals surface area contributed by atoms with Crippen LogP contribution in [0, 0.1) is 0 Å². The van der Waals surface area contributed by atoms with Gasteiger partial charge in [-0.1, -0.05) is 15.9 Å². The second-order valence-corrected chi connectivity index (χ2v) is 3.69. The summed E-state index contributed by atoms with van der Waals surface area (Å²) >= 11 is 3.48. The highest BCUT2D eigenvalue weighted by Gasteiger charge is 2.11. The van der Waals surface area contributed by atoms with Crippen molar-refractivity contribution in [2.75, 3.05) is 0 Å². The lowest BCUT2D eigenvalue weighted by Gasteiger charge is -2.14. The Labute approximate surface area is 57.6 Å². The van der Waals surface area contributed by atoms with Gasteiger partial charge in [-0.15, -0.1) is 0 Å². The molecule has 0 aromatic heterocycles. The molecule has 0 bridgehead atoms. The number of halogens is 1. The van der Waals surface area contributed by atoms with Crippen LogP contribution in [0.25, 0.3) is 0 Å². The fourth-order valence-electron chi connectivity index (χ4n) is 0.533. The van der Waals surface area contributed by atoms with Gasteiger partial charge in [0.25, 0.3) is 0 Å². The van der Waals surface area contributed by atoms with Crippen LogP contribution in [0.3, 0.4) is 0 Å². The van der Waals surface area contributed by atoms with Crippen molar-refractivity contribution in [3.8, 4) is 0 Å². The van der Waals surface area contributed by atoms with Crippen LogP contribution in [0.5, 0.6) is 0 Å². The molecule has 0 unspecified atom stereocenters. The fourth-order valence-corrected chi connectivity index (χ4v) is 0.798. The number of rotatable bonds is 0. The Morgan fingerprint density at radius 3 is 2.12 bits per heavy atom. The molecule has 1 rings (SSSR count). The number of hydrogen-bond acceptors (Lipinski definition) is 1. The predicted molar refractivity (Wildman–Crippen MR) is 38.7 cm³/mol. The minimum atomic E-state index is 0.0677. The van der Waals surface area contributed by atoms with Crippen molar-refractivity contribution < 1.29 is 0 Å². The molecule has 1 nitrogen and oxygen atoms in total. The monoisotopic (exact) mass is 173 g/mol. The Hall–Kier alpha value is -0.240. The van der Waals surface area contributed by atoms with Crippen molar-refractivity contribution >= 4 is 15.9 Å². The third kappa shape index (κ3) is 1.37. The highest BCUT2D eigenvalue weighted by molar-refractivity contribution is 9.10. The lowest BCUT2D eigenvalue weighted by Crippen LogP contribution is -2.13. The van der Waals surface area contributed by atoms with Gasteiger partial charge in [-0.25, -0.2) is 0 Å². The molecule has 0 aromatic rings. The molecular formula is C6H8BrN. The Kier molecular flexibility index (Phi) is 1.43. The molecule has 0 spiro atoms. The van der Waals surface area contributed by atoms with E-state index in [1.54, 1.807) is 0 Å². The lowest BCUT2D eigenvalue weighted by atomic mass is 10.1. The van der Waals surface area contributed by atoms with Crippen LogP contribution in [0.4, 0.5) is 0 Å². The molecule has 2 heteroatoms. The first-order valence-electron chi connectivity index (χ1n) is 2.51. The van der Waals surface area contributed by atoms with Gasteiger partial charge >= 0.3 is 0 Å². The zero-order valence-electron chi connectivity index (χ0n) is 4.69. The SMILES string of the molecule is CC1(Br)C=CNC=C1. The predicted octanol–water partition coefficient (Wildman–Crippen LogP) is 1.77. The van der Waals surface area contributed by atoms with Crippen molar-refractivity contribution in [3.63, 3.8) is 0 Å². The van der Waals surface area contributed by atoms with Gasteiger partial charge < -0.3 is 5.32 Å². The van der Waals surface area contributed by atoms with Crippen LogP contribution in [-0.2, 0) is 0 Å². The molecule has 0 saturated heterocycles. The molecule has 1 aliphatic heterocycles. The summed E-state index contributed by atoms with van der Waals surface area (Å²) in [6, 6.07) is 0. The summed E-state index contributed by atoms with van der Waals surface area (Å²) < 4.78 is 0.0677. The highest BCUT2D eigenvalue weighted by atomic mass is 79.9. The molecule has 44 valence electrons. The molecule has 1 heterocycles. The van der Waals surface area contributed by atoms with E-state index >= 15 is 0 Å². The first kappa shape index (κ1) is 5.89. The van der Waals surface area contributed by atoms with Crippen molar-refractivity contribution in [1.29, 1.82) is 0 Å². The van der Waals surface area contributed by atoms with Gasteiger partial charge in [0.15, 0.2) is 0 Å². The van der Waals surface area contributed by atoms with Crippen molar-refractivity contribution in [2.24, 2.45) is 0 Å². The van der Waals surface area contributed by atoms with E-state index in [4.69, 9.17) is 0 Å². The number of hydrogen-bond donors (Lipinski definition) is 1. The molecule has 8 heavy (non-hydrogen) atoms. The molecule has 0 amide bonds. The fraction of sp³-hybridized carbons (Fsp3) is 0.333. The van der Waals surface area contributed by atoms with Crippen LogP contribution in [0.1, 0.15) is 6.92 Å². The van der Waals surface area contributed by atoms with Crippen LogP contribution < -0.4 is 5.32 Å². The van der Waals surface area contributed by atoms with E-state index in [9.17, 15) is 0 Å². The smallest absolute Gasteiger partial charge is 0.0622 e. The maximum absolute atomic E-state index is 3.48. The molecule has 0 aromatic carbocycles. The van der Waals surface area contributed by atoms with Crippen LogP contribution in [-0.4, -0.2) is 4.32 Å². The molecular weight excluding hydrogens is 166 g/mol. The second kappa shape index (κ2) is 1.94. The van der Waals surface area contributed by atoms with Crippen molar-refractivity contribution in [2.45, 2.75) is 11.2 Å². The average molecular weight is 174 g/mol. The maximum Gasteiger partial charge on any atom is 0.0622 e. The minimum absolute atomic E-state index is 0.0677. The zero-order chi connectivity index (χ0) is 6.04. The summed E-state index contributed by atoms with van der Waals surface area (Å²) in [5.41, 5.74) is 0. The van der Waals surface area contributed by atoms with Gasteiger partial charge in [-0.2, -0.15) is 0 Å². The Morgan fingerprint density at radius 2 is 1.88 bits per heavy atom. The third-order valence-corrected chi connectivity index (χ3v) is 1.54. The average Bonchev–Trinajstić information content (AvgIpc) is 1.65. The van der Waals surface area contributed by atoms with E-state index in [-0.39, 0.29) is 4.32 Å². The number of dihydropyridines is 1. The van der Waals surface area contributed by atoms with Crippen LogP contribution in [0.15, 0.2) is 24.6 Å². The minimum Gasteiger partial charge on any atom is -0.368 e. The Morgan fingerprint density at radius 1 is 1.38 bits per heavy atom. The molecule has 0 atom stereocenters. The van der Waals surface area contributed by atoms with Gasteiger partial charge in [0.05, 0.1) is 4.32 Å². The Bertz CT molecular complexity index is 121. The van der Waals surface area contributed by atoms with Gasteiger partial charge in [-0.05, 0) is 31.5 Å². The summed E-state index contributed by atoms with van der Waals surface area (Å²) in [5, 5.41) is 2.95. The standard InChI is InChI=1S/C6H8BrN/c1-6(7)2-4-8-5-3-6/h2-5,8H,1H3. The molecule has 0 saturated carbocycles. The summed E-state index contributed by atoms with van der Waals surface area (Å²) in [6.45, 7) is 2.08. The van der Waals surface area contributed by atoms with E-state index in [1.165, 1.54) is 0 Å².